The van der Waals surface area contributed by atoms with Gasteiger partial charge in [0.2, 0.25) is 0 Å². The number of anilines is 1. The minimum absolute atomic E-state index is 0.0828. The van der Waals surface area contributed by atoms with Crippen LogP contribution in [0.4, 0.5) is 5.82 Å². The monoisotopic (exact) mass is 473 g/mol. The molecule has 180 valence electrons. The standard InChI is InChI=1S/C24H27N9O2/c1-24(2)13-32(12-15-11-28-30-20(15)24)22(34)17-10-19(27-14-26-17)31-8-5-16(6-9-31)33-18-4-3-7-25-21(18)29-23(33)35/h3-4,7,10-11,14,16H,5-6,8-9,12-13H2,1-2H3,(H,28,30)(H,25,29,35). The van der Waals surface area contributed by atoms with Gasteiger partial charge < -0.3 is 9.80 Å². The maximum Gasteiger partial charge on any atom is 0.327 e. The van der Waals surface area contributed by atoms with Crippen LogP contribution in [0.25, 0.3) is 11.2 Å². The van der Waals surface area contributed by atoms with Gasteiger partial charge in [0, 0.05) is 61.2 Å². The first-order valence-electron chi connectivity index (χ1n) is 11.8. The summed E-state index contributed by atoms with van der Waals surface area (Å²) in [6.45, 7) is 6.75. The number of aromatic amines is 2. The molecule has 11 nitrogen and oxygen atoms in total. The Hall–Kier alpha value is -4.02. The van der Waals surface area contributed by atoms with Crippen LogP contribution in [0.3, 0.4) is 0 Å². The van der Waals surface area contributed by atoms with Crippen molar-refractivity contribution < 1.29 is 4.79 Å². The first kappa shape index (κ1) is 21.5. The van der Waals surface area contributed by atoms with Gasteiger partial charge in [-0.3, -0.25) is 19.4 Å². The predicted octanol–water partition coefficient (Wildman–Crippen LogP) is 2.01. The van der Waals surface area contributed by atoms with Crippen molar-refractivity contribution in [2.24, 2.45) is 0 Å². The van der Waals surface area contributed by atoms with E-state index >= 15 is 0 Å². The van der Waals surface area contributed by atoms with E-state index in [9.17, 15) is 9.59 Å². The van der Waals surface area contributed by atoms with Gasteiger partial charge in [0.1, 0.15) is 17.8 Å². The molecule has 0 unspecified atom stereocenters. The number of carbonyl (C=O) groups is 1. The zero-order chi connectivity index (χ0) is 24.2. The lowest BCUT2D eigenvalue weighted by Crippen LogP contribution is -2.45. The number of fused-ring (bicyclic) bond motifs is 2. The van der Waals surface area contributed by atoms with Crippen LogP contribution in [-0.2, 0) is 12.0 Å². The van der Waals surface area contributed by atoms with Crippen molar-refractivity contribution in [2.45, 2.75) is 44.7 Å². The van der Waals surface area contributed by atoms with Crippen molar-refractivity contribution >= 4 is 22.9 Å². The first-order chi connectivity index (χ1) is 16.9. The van der Waals surface area contributed by atoms with Crippen molar-refractivity contribution in [3.05, 3.63) is 64.4 Å². The third-order valence-electron chi connectivity index (χ3n) is 7.14. The van der Waals surface area contributed by atoms with E-state index in [0.29, 0.717) is 24.4 Å². The van der Waals surface area contributed by atoms with Gasteiger partial charge in [-0.2, -0.15) is 5.10 Å². The number of amides is 1. The second-order valence-electron chi connectivity index (χ2n) is 9.97. The molecule has 2 aliphatic rings. The minimum Gasteiger partial charge on any atom is -0.356 e. The molecule has 1 amide bonds. The molecule has 2 aliphatic heterocycles. The van der Waals surface area contributed by atoms with Gasteiger partial charge in [0.05, 0.1) is 11.7 Å². The largest absolute Gasteiger partial charge is 0.356 e. The molecule has 4 aromatic rings. The number of rotatable bonds is 3. The number of hydrogen-bond acceptors (Lipinski definition) is 7. The number of nitrogens with one attached hydrogen (secondary N) is 2. The van der Waals surface area contributed by atoms with E-state index < -0.39 is 0 Å². The molecule has 11 heteroatoms. The molecule has 0 spiro atoms. The Morgan fingerprint density at radius 3 is 2.83 bits per heavy atom. The van der Waals surface area contributed by atoms with Crippen LogP contribution in [0.2, 0.25) is 0 Å². The fourth-order valence-corrected chi connectivity index (χ4v) is 5.45. The number of hydrogen-bond donors (Lipinski definition) is 2. The van der Waals surface area contributed by atoms with E-state index in [1.807, 2.05) is 21.6 Å². The number of nitrogens with zero attached hydrogens (tertiary/aromatic N) is 7. The highest BCUT2D eigenvalue weighted by Gasteiger charge is 2.36. The Labute approximate surface area is 201 Å². The molecule has 0 atom stereocenters. The molecule has 6 heterocycles. The topological polar surface area (TPSA) is 129 Å². The van der Waals surface area contributed by atoms with Crippen LogP contribution in [-0.4, -0.2) is 65.1 Å². The molecule has 1 saturated heterocycles. The zero-order valence-corrected chi connectivity index (χ0v) is 19.7. The fourth-order valence-electron chi connectivity index (χ4n) is 5.45. The van der Waals surface area contributed by atoms with Crippen LogP contribution in [0.15, 0.2) is 41.7 Å². The van der Waals surface area contributed by atoms with Crippen LogP contribution in [0, 0.1) is 0 Å². The maximum atomic E-state index is 13.4. The van der Waals surface area contributed by atoms with E-state index in [0.717, 1.165) is 48.5 Å². The fraction of sp³-hybridized carbons (Fsp3) is 0.417. The molecular weight excluding hydrogens is 446 g/mol. The molecule has 6 rings (SSSR count). The van der Waals surface area contributed by atoms with Gasteiger partial charge in [0.15, 0.2) is 5.65 Å². The molecule has 0 bridgehead atoms. The quantitative estimate of drug-likeness (QED) is 0.466. The summed E-state index contributed by atoms with van der Waals surface area (Å²) in [4.78, 5) is 45.7. The Bertz CT molecular complexity index is 1460. The van der Waals surface area contributed by atoms with Crippen molar-refractivity contribution in [3.63, 3.8) is 0 Å². The smallest absolute Gasteiger partial charge is 0.327 e. The molecule has 0 aliphatic carbocycles. The third kappa shape index (κ3) is 3.67. The highest BCUT2D eigenvalue weighted by Crippen LogP contribution is 2.32. The summed E-state index contributed by atoms with van der Waals surface area (Å²) >= 11 is 0. The number of aromatic nitrogens is 7. The second kappa shape index (κ2) is 8.03. The van der Waals surface area contributed by atoms with Crippen molar-refractivity contribution in [3.8, 4) is 0 Å². The average molecular weight is 474 g/mol. The first-order valence-corrected chi connectivity index (χ1v) is 11.8. The molecule has 1 fully saturated rings. The minimum atomic E-state index is -0.215. The SMILES string of the molecule is CC1(C)CN(C(=O)c2cc(N3CCC(n4c(=O)[nH]c5ncccc54)CC3)ncn2)Cc2cn[nH]c21. The Balaban J connectivity index is 1.18. The molecule has 4 aromatic heterocycles. The zero-order valence-electron chi connectivity index (χ0n) is 19.7. The summed E-state index contributed by atoms with van der Waals surface area (Å²) in [5.41, 5.74) is 3.61. The lowest BCUT2D eigenvalue weighted by Gasteiger charge is -2.37. The van der Waals surface area contributed by atoms with Crippen molar-refractivity contribution in [1.82, 2.24) is 39.6 Å². The van der Waals surface area contributed by atoms with E-state index in [2.05, 4.69) is 48.9 Å². The Morgan fingerprint density at radius 1 is 1.17 bits per heavy atom. The highest BCUT2D eigenvalue weighted by molar-refractivity contribution is 5.93. The second-order valence-corrected chi connectivity index (χ2v) is 9.97. The van der Waals surface area contributed by atoms with Gasteiger partial charge >= 0.3 is 5.69 Å². The van der Waals surface area contributed by atoms with Gasteiger partial charge in [-0.25, -0.2) is 19.7 Å². The normalized spacial score (nSPS) is 18.1. The van der Waals surface area contributed by atoms with Crippen LogP contribution in [0.5, 0.6) is 0 Å². The van der Waals surface area contributed by atoms with Gasteiger partial charge in [0.25, 0.3) is 5.91 Å². The molecule has 0 aromatic carbocycles. The summed E-state index contributed by atoms with van der Waals surface area (Å²) < 4.78 is 1.82. The summed E-state index contributed by atoms with van der Waals surface area (Å²) in [6, 6.07) is 5.63. The summed E-state index contributed by atoms with van der Waals surface area (Å²) in [7, 11) is 0. The van der Waals surface area contributed by atoms with Gasteiger partial charge in [-0.1, -0.05) is 13.8 Å². The number of H-pyrrole nitrogens is 2. The molecule has 35 heavy (non-hydrogen) atoms. The molecule has 0 saturated carbocycles. The third-order valence-corrected chi connectivity index (χ3v) is 7.14. The van der Waals surface area contributed by atoms with Crippen LogP contribution in [0.1, 0.15) is 54.5 Å². The van der Waals surface area contributed by atoms with E-state index in [4.69, 9.17) is 0 Å². The lowest BCUT2D eigenvalue weighted by molar-refractivity contribution is 0.0678. The Kier molecular flexibility index (Phi) is 4.94. The predicted molar refractivity (Wildman–Crippen MR) is 129 cm³/mol. The van der Waals surface area contributed by atoms with Crippen molar-refractivity contribution in [1.29, 1.82) is 0 Å². The van der Waals surface area contributed by atoms with Gasteiger partial charge in [-0.15, -0.1) is 0 Å². The number of pyridine rings is 1. The van der Waals surface area contributed by atoms with E-state index in [1.165, 1.54) is 6.33 Å². The van der Waals surface area contributed by atoms with Crippen molar-refractivity contribution in [2.75, 3.05) is 24.5 Å². The number of imidazole rings is 1. The van der Waals surface area contributed by atoms with E-state index in [1.54, 1.807) is 18.5 Å². The summed E-state index contributed by atoms with van der Waals surface area (Å²) in [5.74, 6) is 0.622. The van der Waals surface area contributed by atoms with E-state index in [-0.39, 0.29) is 23.1 Å². The lowest BCUT2D eigenvalue weighted by atomic mass is 9.83. The van der Waals surface area contributed by atoms with Gasteiger partial charge in [-0.05, 0) is 25.0 Å². The summed E-state index contributed by atoms with van der Waals surface area (Å²) in [6.07, 6.45) is 6.51. The molecular formula is C24H27N9O2. The maximum absolute atomic E-state index is 13.4. The number of carbonyl (C=O) groups excluding carboxylic acids is 1. The average Bonchev–Trinajstić information content (AvgIpc) is 3.48. The van der Waals surface area contributed by atoms with Crippen LogP contribution >= 0.6 is 0 Å². The number of piperidine rings is 1. The molecule has 0 radical (unpaired) electrons. The Morgan fingerprint density at radius 2 is 2.00 bits per heavy atom. The highest BCUT2D eigenvalue weighted by atomic mass is 16.2. The summed E-state index contributed by atoms with van der Waals surface area (Å²) in [5, 5.41) is 7.25. The van der Waals surface area contributed by atoms with Crippen LogP contribution < -0.4 is 10.6 Å². The molecule has 2 N–H and O–H groups in total.